The van der Waals surface area contributed by atoms with Crippen LogP contribution in [0.4, 0.5) is 0 Å². The Labute approximate surface area is 164 Å². The van der Waals surface area contributed by atoms with E-state index in [1.165, 1.54) is 0 Å². The van der Waals surface area contributed by atoms with Gasteiger partial charge in [0.05, 0.1) is 31.0 Å². The average molecular weight is 388 g/mol. The molecule has 0 saturated carbocycles. The molecule has 0 aromatic carbocycles. The van der Waals surface area contributed by atoms with E-state index >= 15 is 0 Å². The minimum Gasteiger partial charge on any atom is -0.465 e. The maximum atomic E-state index is 12.2. The summed E-state index contributed by atoms with van der Waals surface area (Å²) in [7, 11) is 1.68. The number of hydrogen-bond acceptors (Lipinski definition) is 5. The molecule has 2 atom stereocenters. The molecule has 0 radical (unpaired) electrons. The monoisotopic (exact) mass is 388 g/mol. The van der Waals surface area contributed by atoms with E-state index in [2.05, 4.69) is 14.9 Å². The Balaban J connectivity index is 1.96. The van der Waals surface area contributed by atoms with Crippen molar-refractivity contribution in [2.24, 2.45) is 0 Å². The van der Waals surface area contributed by atoms with Gasteiger partial charge in [-0.25, -0.2) is 0 Å². The summed E-state index contributed by atoms with van der Waals surface area (Å²) in [6.45, 7) is 3.53. The van der Waals surface area contributed by atoms with Crippen molar-refractivity contribution in [3.05, 3.63) is 54.1 Å². The van der Waals surface area contributed by atoms with Crippen LogP contribution in [0, 0.1) is 0 Å². The molecule has 3 rings (SSSR count). The van der Waals surface area contributed by atoms with Crippen LogP contribution in [0.1, 0.15) is 30.4 Å². The fourth-order valence-corrected chi connectivity index (χ4v) is 3.64. The van der Waals surface area contributed by atoms with Gasteiger partial charge < -0.3 is 24.3 Å². The van der Waals surface area contributed by atoms with Gasteiger partial charge in [-0.15, -0.1) is 0 Å². The van der Waals surface area contributed by atoms with Crippen LogP contribution in [0.25, 0.3) is 0 Å². The Morgan fingerprint density at radius 2 is 2.19 bits per heavy atom. The first-order valence-corrected chi connectivity index (χ1v) is 9.34. The average Bonchev–Trinajstić information content (AvgIpc) is 3.25. The highest BCUT2D eigenvalue weighted by Gasteiger charge is 2.42. The molecule has 7 nitrogen and oxygen atoms in total. The van der Waals surface area contributed by atoms with E-state index in [1.54, 1.807) is 20.2 Å². The number of hydrogen-bond donors (Lipinski definition) is 1. The van der Waals surface area contributed by atoms with Crippen molar-refractivity contribution < 1.29 is 14.3 Å². The van der Waals surface area contributed by atoms with Gasteiger partial charge in [0.15, 0.2) is 5.11 Å². The molecule has 27 heavy (non-hydrogen) atoms. The summed E-state index contributed by atoms with van der Waals surface area (Å²) in [5.74, 6) is -0.302. The molecule has 8 heteroatoms. The molecule has 2 aromatic heterocycles. The van der Waals surface area contributed by atoms with E-state index in [1.807, 2.05) is 41.4 Å². The van der Waals surface area contributed by atoms with Crippen LogP contribution in [-0.4, -0.2) is 52.4 Å². The number of methoxy groups -OCH3 is 1. The van der Waals surface area contributed by atoms with Crippen molar-refractivity contribution in [1.82, 2.24) is 19.8 Å². The van der Waals surface area contributed by atoms with E-state index in [4.69, 9.17) is 21.7 Å². The first-order valence-electron chi connectivity index (χ1n) is 8.93. The number of nitrogens with zero attached hydrogens (tertiary/aromatic N) is 3. The van der Waals surface area contributed by atoms with Crippen molar-refractivity contribution in [2.75, 3.05) is 26.9 Å². The molecule has 1 saturated heterocycles. The number of aromatic nitrogens is 2. The first kappa shape index (κ1) is 19.3. The number of rotatable bonds is 8. The summed E-state index contributed by atoms with van der Waals surface area (Å²) in [4.78, 5) is 18.5. The lowest BCUT2D eigenvalue weighted by atomic mass is 10.0. The van der Waals surface area contributed by atoms with Crippen LogP contribution in [0.2, 0.25) is 0 Å². The standard InChI is InChI=1S/C19H24N4O3S/c1-3-26-16(24)13-23-18(15-8-6-10-22(15)11-12-25-2)17(21-19(23)27)14-7-4-5-9-20-14/h4-10,17-18H,3,11-13H2,1-2H3,(H,21,27)/t17-,18-/m1/s1. The first-order chi connectivity index (χ1) is 13.2. The van der Waals surface area contributed by atoms with Crippen LogP contribution in [-0.2, 0) is 20.8 Å². The predicted molar refractivity (Wildman–Crippen MR) is 105 cm³/mol. The minimum atomic E-state index is -0.302. The normalized spacial score (nSPS) is 19.2. The van der Waals surface area contributed by atoms with E-state index < -0.39 is 0 Å². The highest BCUT2D eigenvalue weighted by atomic mass is 32.1. The van der Waals surface area contributed by atoms with E-state index in [0.29, 0.717) is 24.9 Å². The largest absolute Gasteiger partial charge is 0.465 e. The second-order valence-electron chi connectivity index (χ2n) is 6.18. The van der Waals surface area contributed by atoms with Gasteiger partial charge >= 0.3 is 5.97 Å². The molecule has 1 aliphatic heterocycles. The third kappa shape index (κ3) is 4.28. The molecule has 1 N–H and O–H groups in total. The molecule has 0 spiro atoms. The van der Waals surface area contributed by atoms with E-state index in [9.17, 15) is 4.79 Å². The third-order valence-corrected chi connectivity index (χ3v) is 4.86. The topological polar surface area (TPSA) is 68.6 Å². The molecule has 144 valence electrons. The van der Waals surface area contributed by atoms with Crippen LogP contribution < -0.4 is 5.32 Å². The SMILES string of the molecule is CCOC(=O)CN1C(=S)N[C@H](c2ccccn2)[C@H]1c1cccn1CCOC. The molecular formula is C19H24N4O3S. The second kappa shape index (κ2) is 8.96. The van der Waals surface area contributed by atoms with Crippen molar-refractivity contribution in [1.29, 1.82) is 0 Å². The van der Waals surface area contributed by atoms with E-state index in [-0.39, 0.29) is 24.6 Å². The van der Waals surface area contributed by atoms with Crippen LogP contribution in [0.5, 0.6) is 0 Å². The van der Waals surface area contributed by atoms with Crippen LogP contribution in [0.15, 0.2) is 42.7 Å². The zero-order valence-corrected chi connectivity index (χ0v) is 16.3. The smallest absolute Gasteiger partial charge is 0.325 e. The fraction of sp³-hybridized carbons (Fsp3) is 0.421. The summed E-state index contributed by atoms with van der Waals surface area (Å²) in [6, 6.07) is 9.48. The van der Waals surface area contributed by atoms with Gasteiger partial charge in [0.1, 0.15) is 6.54 Å². The van der Waals surface area contributed by atoms with Crippen LogP contribution >= 0.6 is 12.2 Å². The summed E-state index contributed by atoms with van der Waals surface area (Å²) >= 11 is 5.55. The van der Waals surface area contributed by atoms with Gasteiger partial charge in [-0.3, -0.25) is 9.78 Å². The molecule has 0 unspecified atom stereocenters. The lowest BCUT2D eigenvalue weighted by Crippen LogP contribution is -2.36. The van der Waals surface area contributed by atoms with Gasteiger partial charge in [0.2, 0.25) is 0 Å². The summed E-state index contributed by atoms with van der Waals surface area (Å²) in [5.41, 5.74) is 1.91. The van der Waals surface area contributed by atoms with Gasteiger partial charge in [-0.1, -0.05) is 6.07 Å². The lowest BCUT2D eigenvalue weighted by molar-refractivity contribution is -0.143. The number of nitrogens with one attached hydrogen (secondary N) is 1. The second-order valence-corrected chi connectivity index (χ2v) is 6.57. The number of pyridine rings is 1. The molecule has 0 aliphatic carbocycles. The number of esters is 1. The van der Waals surface area contributed by atoms with Gasteiger partial charge in [-0.2, -0.15) is 0 Å². The molecular weight excluding hydrogens is 364 g/mol. The van der Waals surface area contributed by atoms with Gasteiger partial charge in [0.25, 0.3) is 0 Å². The number of carbonyl (C=O) groups is 1. The highest BCUT2D eigenvalue weighted by molar-refractivity contribution is 7.80. The number of carbonyl (C=O) groups excluding carboxylic acids is 1. The van der Waals surface area contributed by atoms with Crippen molar-refractivity contribution in [2.45, 2.75) is 25.6 Å². The molecule has 3 heterocycles. The summed E-state index contributed by atoms with van der Waals surface area (Å²) in [5, 5.41) is 3.85. The van der Waals surface area contributed by atoms with Gasteiger partial charge in [-0.05, 0) is 43.4 Å². The predicted octanol–water partition coefficient (Wildman–Crippen LogP) is 2.07. The van der Waals surface area contributed by atoms with Gasteiger partial charge in [0, 0.05) is 31.7 Å². The maximum Gasteiger partial charge on any atom is 0.325 e. The molecule has 0 amide bonds. The lowest BCUT2D eigenvalue weighted by Gasteiger charge is -2.28. The van der Waals surface area contributed by atoms with Crippen molar-refractivity contribution in [3.63, 3.8) is 0 Å². The summed E-state index contributed by atoms with van der Waals surface area (Å²) in [6.07, 6.45) is 3.77. The van der Waals surface area contributed by atoms with Crippen molar-refractivity contribution in [3.8, 4) is 0 Å². The van der Waals surface area contributed by atoms with Crippen molar-refractivity contribution >= 4 is 23.3 Å². The Hall–Kier alpha value is -2.45. The minimum absolute atomic E-state index is 0.0864. The molecule has 1 fully saturated rings. The number of ether oxygens (including phenoxy) is 2. The molecule has 1 aliphatic rings. The fourth-order valence-electron chi connectivity index (χ4n) is 3.33. The highest BCUT2D eigenvalue weighted by Crippen LogP contribution is 2.38. The van der Waals surface area contributed by atoms with E-state index in [0.717, 1.165) is 11.4 Å². The summed E-state index contributed by atoms with van der Waals surface area (Å²) < 4.78 is 12.5. The Kier molecular flexibility index (Phi) is 6.41. The Morgan fingerprint density at radius 3 is 2.89 bits per heavy atom. The number of thiocarbonyl (C=S) groups is 1. The van der Waals surface area contributed by atoms with Crippen LogP contribution in [0.3, 0.4) is 0 Å². The quantitative estimate of drug-likeness (QED) is 0.548. The zero-order chi connectivity index (χ0) is 19.2. The Morgan fingerprint density at radius 1 is 1.33 bits per heavy atom. The molecule has 0 bridgehead atoms. The third-order valence-electron chi connectivity index (χ3n) is 4.51. The maximum absolute atomic E-state index is 12.2. The molecule has 2 aromatic rings. The Bertz CT molecular complexity index is 780. The zero-order valence-electron chi connectivity index (χ0n) is 15.5.